The number of hydrogen-bond donors (Lipinski definition) is 3. The molecule has 3 N–H and O–H groups in total. The van der Waals surface area contributed by atoms with Gasteiger partial charge in [0.2, 0.25) is 0 Å². The molecule has 1 unspecified atom stereocenters. The molecule has 5 rings (SSSR count). The summed E-state index contributed by atoms with van der Waals surface area (Å²) in [6.45, 7) is 6.26. The lowest BCUT2D eigenvalue weighted by molar-refractivity contribution is -0.113. The highest BCUT2D eigenvalue weighted by molar-refractivity contribution is 6.09. The first kappa shape index (κ1) is 26.6. The number of anilines is 3. The third-order valence-corrected chi connectivity index (χ3v) is 6.64. The van der Waals surface area contributed by atoms with Gasteiger partial charge < -0.3 is 25.4 Å². The largest absolute Gasteiger partial charge is 0.497 e. The number of amides is 2. The summed E-state index contributed by atoms with van der Waals surface area (Å²) in [5.41, 5.74) is 4.63. The fraction of sp³-hybridized carbons (Fsp3) is 0.194. The number of benzene rings is 3. The number of nitrogens with zero attached hydrogens (tertiary/aromatic N) is 2. The zero-order valence-electron chi connectivity index (χ0n) is 22.8. The van der Waals surface area contributed by atoms with Gasteiger partial charge in [0.1, 0.15) is 28.9 Å². The molecule has 1 aromatic heterocycles. The fourth-order valence-corrected chi connectivity index (χ4v) is 4.73. The fourth-order valence-electron chi connectivity index (χ4n) is 4.73. The highest BCUT2D eigenvalue weighted by atomic mass is 16.5. The molecule has 9 nitrogen and oxygen atoms in total. The summed E-state index contributed by atoms with van der Waals surface area (Å²) in [6.07, 6.45) is 1.52. The maximum absolute atomic E-state index is 13.7. The van der Waals surface area contributed by atoms with Gasteiger partial charge in [0.15, 0.2) is 0 Å². The van der Waals surface area contributed by atoms with Gasteiger partial charge in [-0.25, -0.2) is 4.68 Å². The number of carbonyl (C=O) groups is 2. The number of aromatic nitrogens is 2. The number of allylic oxidation sites excluding steroid dienone is 1. The SMILES string of the molecule is CCOc1ccc(C2C(C(=O)Nc3ccc(OC)cc3)=C(C)Nc3c(C(=O)Nc4cccc(C)c4)cnn32)cc1. The Morgan fingerprint density at radius 2 is 1.62 bits per heavy atom. The zero-order valence-corrected chi connectivity index (χ0v) is 22.8. The van der Waals surface area contributed by atoms with Crippen LogP contribution in [0.2, 0.25) is 0 Å². The van der Waals surface area contributed by atoms with Gasteiger partial charge in [-0.05, 0) is 80.4 Å². The Labute approximate surface area is 232 Å². The van der Waals surface area contributed by atoms with E-state index in [1.807, 2.05) is 69.3 Å². The van der Waals surface area contributed by atoms with Crippen molar-refractivity contribution in [3.63, 3.8) is 0 Å². The summed E-state index contributed by atoms with van der Waals surface area (Å²) in [5, 5.41) is 13.8. The molecule has 1 aliphatic rings. The Kier molecular flexibility index (Phi) is 7.54. The predicted molar refractivity (Wildman–Crippen MR) is 155 cm³/mol. The molecule has 3 aromatic carbocycles. The van der Waals surface area contributed by atoms with E-state index in [0.29, 0.717) is 46.4 Å². The number of nitrogens with one attached hydrogen (secondary N) is 3. The maximum Gasteiger partial charge on any atom is 0.261 e. The minimum absolute atomic E-state index is 0.291. The summed E-state index contributed by atoms with van der Waals surface area (Å²) < 4.78 is 12.5. The van der Waals surface area contributed by atoms with E-state index in [4.69, 9.17) is 9.47 Å². The van der Waals surface area contributed by atoms with Crippen molar-refractivity contribution >= 4 is 29.0 Å². The minimum atomic E-state index is -0.592. The molecule has 0 spiro atoms. The molecule has 40 heavy (non-hydrogen) atoms. The van der Waals surface area contributed by atoms with E-state index in [1.54, 1.807) is 36.1 Å². The van der Waals surface area contributed by atoms with Crippen LogP contribution < -0.4 is 25.4 Å². The Morgan fingerprint density at radius 3 is 2.30 bits per heavy atom. The monoisotopic (exact) mass is 537 g/mol. The number of aryl methyl sites for hydroxylation is 1. The first-order valence-electron chi connectivity index (χ1n) is 13.0. The number of ether oxygens (including phenoxy) is 2. The number of hydrogen-bond acceptors (Lipinski definition) is 6. The van der Waals surface area contributed by atoms with Crippen LogP contribution in [-0.4, -0.2) is 35.3 Å². The number of fused-ring (bicyclic) bond motifs is 1. The number of rotatable bonds is 8. The van der Waals surface area contributed by atoms with Crippen molar-refractivity contribution in [1.29, 1.82) is 0 Å². The average Bonchev–Trinajstić information content (AvgIpc) is 3.37. The van der Waals surface area contributed by atoms with Gasteiger partial charge in [-0.15, -0.1) is 0 Å². The van der Waals surface area contributed by atoms with Gasteiger partial charge in [0.05, 0.1) is 25.5 Å². The van der Waals surface area contributed by atoms with Crippen molar-refractivity contribution in [2.75, 3.05) is 29.7 Å². The first-order chi connectivity index (χ1) is 19.4. The second-order valence-corrected chi connectivity index (χ2v) is 9.43. The number of methoxy groups -OCH3 is 1. The van der Waals surface area contributed by atoms with E-state index >= 15 is 0 Å². The topological polar surface area (TPSA) is 107 Å². The summed E-state index contributed by atoms with van der Waals surface area (Å²) in [6, 6.07) is 21.7. The summed E-state index contributed by atoms with van der Waals surface area (Å²) >= 11 is 0. The van der Waals surface area contributed by atoms with Crippen LogP contribution >= 0.6 is 0 Å². The number of carbonyl (C=O) groups excluding carboxylic acids is 2. The molecule has 2 heterocycles. The normalized spacial score (nSPS) is 14.2. The Morgan fingerprint density at radius 1 is 0.925 bits per heavy atom. The molecule has 2 amide bonds. The molecular formula is C31H31N5O4. The van der Waals surface area contributed by atoms with Crippen LogP contribution in [0.25, 0.3) is 0 Å². The lowest BCUT2D eigenvalue weighted by Crippen LogP contribution is -2.32. The van der Waals surface area contributed by atoms with Crippen molar-refractivity contribution in [3.8, 4) is 11.5 Å². The molecular weight excluding hydrogens is 506 g/mol. The molecule has 4 aromatic rings. The molecule has 0 aliphatic carbocycles. The van der Waals surface area contributed by atoms with Gasteiger partial charge in [-0.2, -0.15) is 5.10 Å². The molecule has 0 saturated carbocycles. The van der Waals surface area contributed by atoms with E-state index in [9.17, 15) is 9.59 Å². The lowest BCUT2D eigenvalue weighted by atomic mass is 9.94. The highest BCUT2D eigenvalue weighted by Gasteiger charge is 2.35. The highest BCUT2D eigenvalue weighted by Crippen LogP contribution is 2.38. The maximum atomic E-state index is 13.7. The van der Waals surface area contributed by atoms with Crippen LogP contribution in [0.1, 0.15) is 41.4 Å². The van der Waals surface area contributed by atoms with Crippen molar-refractivity contribution in [1.82, 2.24) is 9.78 Å². The van der Waals surface area contributed by atoms with Crippen LogP contribution in [-0.2, 0) is 4.79 Å². The van der Waals surface area contributed by atoms with Crippen LogP contribution in [0.3, 0.4) is 0 Å². The third kappa shape index (κ3) is 5.40. The van der Waals surface area contributed by atoms with Crippen LogP contribution in [0.5, 0.6) is 11.5 Å². The Balaban J connectivity index is 1.52. The van der Waals surface area contributed by atoms with Crippen LogP contribution in [0.4, 0.5) is 17.2 Å². The van der Waals surface area contributed by atoms with Crippen molar-refractivity contribution in [3.05, 3.63) is 107 Å². The smallest absolute Gasteiger partial charge is 0.261 e. The Bertz CT molecular complexity index is 1570. The van der Waals surface area contributed by atoms with Gasteiger partial charge >= 0.3 is 0 Å². The molecule has 1 atom stereocenters. The first-order valence-corrected chi connectivity index (χ1v) is 13.0. The summed E-state index contributed by atoms with van der Waals surface area (Å²) in [4.78, 5) is 27.0. The standard InChI is InChI=1S/C31H31N5O4/c1-5-40-25-13-9-21(10-14-25)28-27(31(38)34-22-11-15-24(39-4)16-12-22)20(3)33-29-26(18-32-36(28)29)30(37)35-23-8-6-7-19(2)17-23/h6-18,28,33H,5H2,1-4H3,(H,34,38)(H,35,37). The Hall–Kier alpha value is -5.05. The molecule has 204 valence electrons. The van der Waals surface area contributed by atoms with Gasteiger partial charge in [-0.3, -0.25) is 9.59 Å². The molecule has 0 saturated heterocycles. The molecule has 0 radical (unpaired) electrons. The quantitative estimate of drug-likeness (QED) is 0.263. The summed E-state index contributed by atoms with van der Waals surface area (Å²) in [7, 11) is 1.59. The third-order valence-electron chi connectivity index (χ3n) is 6.64. The van der Waals surface area contributed by atoms with E-state index in [-0.39, 0.29) is 11.8 Å². The van der Waals surface area contributed by atoms with Crippen molar-refractivity contribution < 1.29 is 19.1 Å². The van der Waals surface area contributed by atoms with E-state index in [1.165, 1.54) is 6.20 Å². The van der Waals surface area contributed by atoms with Gasteiger partial charge in [0, 0.05) is 17.1 Å². The van der Waals surface area contributed by atoms with E-state index in [2.05, 4.69) is 21.0 Å². The zero-order chi connectivity index (χ0) is 28.2. The summed E-state index contributed by atoms with van der Waals surface area (Å²) in [5.74, 6) is 1.33. The average molecular weight is 538 g/mol. The van der Waals surface area contributed by atoms with E-state index in [0.717, 1.165) is 16.9 Å². The van der Waals surface area contributed by atoms with Gasteiger partial charge in [-0.1, -0.05) is 24.3 Å². The lowest BCUT2D eigenvalue weighted by Gasteiger charge is -2.30. The molecule has 0 bridgehead atoms. The van der Waals surface area contributed by atoms with Gasteiger partial charge in [0.25, 0.3) is 11.8 Å². The second kappa shape index (κ2) is 11.4. The van der Waals surface area contributed by atoms with E-state index < -0.39 is 6.04 Å². The van der Waals surface area contributed by atoms with Crippen LogP contribution in [0.15, 0.2) is 90.3 Å². The molecule has 1 aliphatic heterocycles. The molecule has 9 heteroatoms. The second-order valence-electron chi connectivity index (χ2n) is 9.43. The predicted octanol–water partition coefficient (Wildman–Crippen LogP) is 5.78. The minimum Gasteiger partial charge on any atom is -0.497 e. The van der Waals surface area contributed by atoms with Crippen LogP contribution in [0, 0.1) is 6.92 Å². The van der Waals surface area contributed by atoms with Crippen molar-refractivity contribution in [2.45, 2.75) is 26.8 Å². The van der Waals surface area contributed by atoms with Crippen molar-refractivity contribution in [2.24, 2.45) is 0 Å². The molecule has 0 fully saturated rings.